The molecule has 0 atom stereocenters. The van der Waals surface area contributed by atoms with Gasteiger partial charge in [-0.25, -0.2) is 0 Å². The number of hydrogen-bond donors (Lipinski definition) is 1. The smallest absolute Gasteiger partial charge is 0.142 e. The summed E-state index contributed by atoms with van der Waals surface area (Å²) in [7, 11) is 3.78. The first-order valence-corrected chi connectivity index (χ1v) is 5.70. The topological polar surface area (TPSA) is 12.5 Å². The summed E-state index contributed by atoms with van der Waals surface area (Å²) in [6.45, 7) is 5.11. The van der Waals surface area contributed by atoms with E-state index < -0.39 is 0 Å². The summed E-state index contributed by atoms with van der Waals surface area (Å²) < 4.78 is 5.41. The number of hydrogen-bond acceptors (Lipinski definition) is 3. The molecule has 15 heavy (non-hydrogen) atoms. The monoisotopic (exact) mass is 225 g/mol. The van der Waals surface area contributed by atoms with Crippen LogP contribution in [0, 0.1) is 13.8 Å². The van der Waals surface area contributed by atoms with Crippen molar-refractivity contribution in [3.63, 3.8) is 0 Å². The molecule has 0 saturated carbocycles. The molecule has 84 valence electrons. The van der Waals surface area contributed by atoms with Gasteiger partial charge in [0.25, 0.3) is 0 Å². The van der Waals surface area contributed by atoms with Crippen molar-refractivity contribution < 1.29 is 4.74 Å². The highest BCUT2D eigenvalue weighted by atomic mass is 32.1. The largest absolute Gasteiger partial charge is 0.495 e. The van der Waals surface area contributed by atoms with Gasteiger partial charge in [-0.05, 0) is 31.0 Å². The first-order valence-electron chi connectivity index (χ1n) is 5.07. The Bertz CT molecular complexity index is 339. The number of aryl methyl sites for hydroxylation is 2. The number of nitrogens with zero attached hydrogens (tertiary/aromatic N) is 1. The molecule has 1 rings (SSSR count). The molecule has 2 nitrogen and oxygen atoms in total. The van der Waals surface area contributed by atoms with Gasteiger partial charge in [0.1, 0.15) is 5.75 Å². The summed E-state index contributed by atoms with van der Waals surface area (Å²) in [6.07, 6.45) is 0. The highest BCUT2D eigenvalue weighted by Crippen LogP contribution is 2.32. The Labute approximate surface area is 97.6 Å². The van der Waals surface area contributed by atoms with Crippen LogP contribution in [0.3, 0.4) is 0 Å². The van der Waals surface area contributed by atoms with E-state index >= 15 is 0 Å². The van der Waals surface area contributed by atoms with Gasteiger partial charge in [-0.3, -0.25) is 0 Å². The second-order valence-corrected chi connectivity index (χ2v) is 4.23. The van der Waals surface area contributed by atoms with Gasteiger partial charge in [-0.1, -0.05) is 6.07 Å². The second-order valence-electron chi connectivity index (χ2n) is 3.78. The molecule has 0 aliphatic carbocycles. The summed E-state index contributed by atoms with van der Waals surface area (Å²) in [4.78, 5) is 2.18. The standard InChI is InChI=1S/C12H19NOS/c1-9-7-10(2)12(11(8-9)14-4)13(3)5-6-15/h7-8,15H,5-6H2,1-4H3. The first kappa shape index (κ1) is 12.2. The summed E-state index contributed by atoms with van der Waals surface area (Å²) >= 11 is 4.25. The Morgan fingerprint density at radius 2 is 2.00 bits per heavy atom. The minimum Gasteiger partial charge on any atom is -0.495 e. The molecule has 0 saturated heterocycles. The maximum absolute atomic E-state index is 5.41. The fourth-order valence-corrected chi connectivity index (χ4v) is 2.13. The lowest BCUT2D eigenvalue weighted by atomic mass is 10.1. The molecule has 0 amide bonds. The Kier molecular flexibility index (Phi) is 4.33. The molecule has 0 bridgehead atoms. The van der Waals surface area contributed by atoms with Crippen LogP contribution in [0.1, 0.15) is 11.1 Å². The van der Waals surface area contributed by atoms with Crippen molar-refractivity contribution in [1.29, 1.82) is 0 Å². The molecule has 0 radical (unpaired) electrons. The molecule has 0 aromatic heterocycles. The van der Waals surface area contributed by atoms with Gasteiger partial charge in [0, 0.05) is 19.3 Å². The summed E-state index contributed by atoms with van der Waals surface area (Å²) in [5.74, 6) is 1.78. The van der Waals surface area contributed by atoms with Crippen LogP contribution in [0.5, 0.6) is 5.75 Å². The van der Waals surface area contributed by atoms with E-state index in [0.29, 0.717) is 0 Å². The quantitative estimate of drug-likeness (QED) is 0.791. The van der Waals surface area contributed by atoms with Crippen LogP contribution in [0.2, 0.25) is 0 Å². The molecule has 0 spiro atoms. The SMILES string of the molecule is COc1cc(C)cc(C)c1N(C)CCS. The lowest BCUT2D eigenvalue weighted by molar-refractivity contribution is 0.414. The van der Waals surface area contributed by atoms with Crippen molar-refractivity contribution in [2.75, 3.05) is 31.4 Å². The van der Waals surface area contributed by atoms with Crippen molar-refractivity contribution in [1.82, 2.24) is 0 Å². The third kappa shape index (κ3) is 2.81. The van der Waals surface area contributed by atoms with Gasteiger partial charge >= 0.3 is 0 Å². The zero-order chi connectivity index (χ0) is 11.4. The lowest BCUT2D eigenvalue weighted by Gasteiger charge is -2.23. The molecule has 0 aliphatic rings. The second kappa shape index (κ2) is 5.31. The van der Waals surface area contributed by atoms with E-state index in [2.05, 4.69) is 50.6 Å². The number of anilines is 1. The fourth-order valence-electron chi connectivity index (χ4n) is 1.83. The van der Waals surface area contributed by atoms with Gasteiger partial charge < -0.3 is 9.64 Å². The van der Waals surface area contributed by atoms with Crippen LogP contribution in [-0.4, -0.2) is 26.5 Å². The molecule has 1 aromatic carbocycles. The van der Waals surface area contributed by atoms with Crippen LogP contribution in [-0.2, 0) is 0 Å². The van der Waals surface area contributed by atoms with E-state index in [1.165, 1.54) is 11.1 Å². The van der Waals surface area contributed by atoms with E-state index in [-0.39, 0.29) is 0 Å². The zero-order valence-electron chi connectivity index (χ0n) is 9.87. The number of ether oxygens (including phenoxy) is 1. The van der Waals surface area contributed by atoms with Crippen molar-refractivity contribution in [2.24, 2.45) is 0 Å². The third-order valence-electron chi connectivity index (χ3n) is 2.45. The Balaban J connectivity index is 3.14. The van der Waals surface area contributed by atoms with Crippen molar-refractivity contribution in [3.05, 3.63) is 23.3 Å². The Morgan fingerprint density at radius 3 is 2.53 bits per heavy atom. The number of rotatable bonds is 4. The number of benzene rings is 1. The van der Waals surface area contributed by atoms with Gasteiger partial charge in [0.2, 0.25) is 0 Å². The van der Waals surface area contributed by atoms with Crippen LogP contribution in [0.25, 0.3) is 0 Å². The van der Waals surface area contributed by atoms with Crippen molar-refractivity contribution >= 4 is 18.3 Å². The maximum Gasteiger partial charge on any atom is 0.142 e. The van der Waals surface area contributed by atoms with E-state index in [1.807, 2.05) is 0 Å². The maximum atomic E-state index is 5.41. The van der Waals surface area contributed by atoms with Crippen LogP contribution in [0.4, 0.5) is 5.69 Å². The molecule has 0 heterocycles. The van der Waals surface area contributed by atoms with Gasteiger partial charge in [0.15, 0.2) is 0 Å². The molecular weight excluding hydrogens is 206 g/mol. The van der Waals surface area contributed by atoms with Gasteiger partial charge in [-0.15, -0.1) is 0 Å². The molecular formula is C12H19NOS. The fraction of sp³-hybridized carbons (Fsp3) is 0.500. The average molecular weight is 225 g/mol. The van der Waals surface area contributed by atoms with Crippen molar-refractivity contribution in [3.8, 4) is 5.75 Å². The molecule has 1 aromatic rings. The van der Waals surface area contributed by atoms with Crippen LogP contribution < -0.4 is 9.64 Å². The first-order chi connectivity index (χ1) is 7.10. The molecule has 0 unspecified atom stereocenters. The summed E-state index contributed by atoms with van der Waals surface area (Å²) in [5, 5.41) is 0. The minimum atomic E-state index is 0.840. The van der Waals surface area contributed by atoms with Gasteiger partial charge in [-0.2, -0.15) is 12.6 Å². The van der Waals surface area contributed by atoms with E-state index in [4.69, 9.17) is 4.74 Å². The molecule has 0 aliphatic heterocycles. The predicted molar refractivity (Wildman–Crippen MR) is 69.6 cm³/mol. The Hall–Kier alpha value is -0.830. The van der Waals surface area contributed by atoms with E-state index in [9.17, 15) is 0 Å². The minimum absolute atomic E-state index is 0.840. The molecule has 0 fully saturated rings. The molecule has 0 N–H and O–H groups in total. The van der Waals surface area contributed by atoms with Crippen LogP contribution >= 0.6 is 12.6 Å². The lowest BCUT2D eigenvalue weighted by Crippen LogP contribution is -2.21. The Morgan fingerprint density at radius 1 is 1.33 bits per heavy atom. The van der Waals surface area contributed by atoms with E-state index in [0.717, 1.165) is 23.7 Å². The average Bonchev–Trinajstić information content (AvgIpc) is 2.16. The zero-order valence-corrected chi connectivity index (χ0v) is 10.8. The van der Waals surface area contributed by atoms with Crippen LogP contribution in [0.15, 0.2) is 12.1 Å². The normalized spacial score (nSPS) is 10.2. The predicted octanol–water partition coefficient (Wildman–Crippen LogP) is 2.68. The third-order valence-corrected chi connectivity index (χ3v) is 2.65. The summed E-state index contributed by atoms with van der Waals surface area (Å²) in [5.41, 5.74) is 3.64. The summed E-state index contributed by atoms with van der Waals surface area (Å²) in [6, 6.07) is 4.24. The van der Waals surface area contributed by atoms with Gasteiger partial charge in [0.05, 0.1) is 12.8 Å². The van der Waals surface area contributed by atoms with E-state index in [1.54, 1.807) is 7.11 Å². The number of thiol groups is 1. The highest BCUT2D eigenvalue weighted by Gasteiger charge is 2.11. The molecule has 3 heteroatoms. The number of methoxy groups -OCH3 is 1. The highest BCUT2D eigenvalue weighted by molar-refractivity contribution is 7.80. The van der Waals surface area contributed by atoms with Crippen molar-refractivity contribution in [2.45, 2.75) is 13.8 Å².